The van der Waals surface area contributed by atoms with E-state index in [9.17, 15) is 5.11 Å². The average molecular weight is 321 g/mol. The topological polar surface area (TPSA) is 20.2 Å². The lowest BCUT2D eigenvalue weighted by Gasteiger charge is -2.38. The first-order valence-electron chi connectivity index (χ1n) is 7.05. The molecule has 0 aliphatic heterocycles. The molecular formula is C18H18Cl2O. The first-order valence-corrected chi connectivity index (χ1v) is 7.80. The van der Waals surface area contributed by atoms with Gasteiger partial charge in [-0.05, 0) is 30.0 Å². The van der Waals surface area contributed by atoms with E-state index < -0.39 is 15.3 Å². The summed E-state index contributed by atoms with van der Waals surface area (Å²) in [5.41, 5.74) is 0.896. The monoisotopic (exact) mass is 320 g/mol. The van der Waals surface area contributed by atoms with Crippen molar-refractivity contribution >= 4 is 23.2 Å². The van der Waals surface area contributed by atoms with Crippen molar-refractivity contribution in [1.29, 1.82) is 0 Å². The molecule has 0 spiro atoms. The Balaban J connectivity index is 2.25. The van der Waals surface area contributed by atoms with Crippen LogP contribution in [0.25, 0.3) is 0 Å². The predicted molar refractivity (Wildman–Crippen MR) is 87.8 cm³/mol. The lowest BCUT2D eigenvalue weighted by Crippen LogP contribution is -2.40. The molecule has 21 heavy (non-hydrogen) atoms. The van der Waals surface area contributed by atoms with Crippen molar-refractivity contribution in [2.75, 3.05) is 0 Å². The van der Waals surface area contributed by atoms with E-state index in [1.165, 1.54) is 0 Å². The van der Waals surface area contributed by atoms with Gasteiger partial charge < -0.3 is 5.11 Å². The maximum Gasteiger partial charge on any atom is 0.127 e. The molecule has 1 saturated carbocycles. The highest BCUT2D eigenvalue weighted by Crippen LogP contribution is 2.72. The summed E-state index contributed by atoms with van der Waals surface area (Å²) in [5, 5.41) is 11.7. The highest BCUT2D eigenvalue weighted by atomic mass is 35.5. The van der Waals surface area contributed by atoms with E-state index in [1.54, 1.807) is 0 Å². The van der Waals surface area contributed by atoms with Crippen molar-refractivity contribution in [2.24, 2.45) is 5.41 Å². The first kappa shape index (κ1) is 14.9. The molecule has 2 aromatic rings. The second-order valence-corrected chi connectivity index (χ2v) is 7.59. The summed E-state index contributed by atoms with van der Waals surface area (Å²) in [6.07, 6.45) is 0.558. The van der Waals surface area contributed by atoms with E-state index in [-0.39, 0.29) is 0 Å². The van der Waals surface area contributed by atoms with Crippen LogP contribution in [0.2, 0.25) is 0 Å². The van der Waals surface area contributed by atoms with Crippen LogP contribution in [0, 0.1) is 12.3 Å². The lowest BCUT2D eigenvalue weighted by atomic mass is 9.73. The molecule has 0 heterocycles. The highest BCUT2D eigenvalue weighted by Gasteiger charge is 2.73. The highest BCUT2D eigenvalue weighted by molar-refractivity contribution is 6.51. The molecule has 110 valence electrons. The fraction of sp³-hybridized carbons (Fsp3) is 0.333. The Bertz CT molecular complexity index is 668. The minimum Gasteiger partial charge on any atom is -0.380 e. The zero-order chi connectivity index (χ0) is 15.3. The molecule has 0 amide bonds. The molecule has 1 aliphatic carbocycles. The van der Waals surface area contributed by atoms with Crippen molar-refractivity contribution in [3.63, 3.8) is 0 Å². The van der Waals surface area contributed by atoms with E-state index in [1.807, 2.05) is 68.4 Å². The summed E-state index contributed by atoms with van der Waals surface area (Å²) in [5.74, 6) is 0. The molecule has 3 rings (SSSR count). The van der Waals surface area contributed by atoms with Gasteiger partial charge in [-0.1, -0.05) is 61.5 Å². The van der Waals surface area contributed by atoms with E-state index in [0.717, 1.165) is 16.7 Å². The van der Waals surface area contributed by atoms with Gasteiger partial charge in [-0.15, -0.1) is 23.2 Å². The van der Waals surface area contributed by atoms with Gasteiger partial charge in [0.25, 0.3) is 0 Å². The summed E-state index contributed by atoms with van der Waals surface area (Å²) in [6, 6.07) is 17.5. The van der Waals surface area contributed by atoms with Crippen LogP contribution in [0.5, 0.6) is 0 Å². The SMILES string of the molecule is Cc1ccccc1[C@@](O)(c1ccccc1)[C@]1(C)CC1(Cl)Cl. The van der Waals surface area contributed by atoms with Gasteiger partial charge in [-0.25, -0.2) is 0 Å². The quantitative estimate of drug-likeness (QED) is 0.804. The van der Waals surface area contributed by atoms with Gasteiger partial charge in [-0.3, -0.25) is 0 Å². The Morgan fingerprint density at radius 2 is 1.52 bits per heavy atom. The Morgan fingerprint density at radius 1 is 1.00 bits per heavy atom. The number of alkyl halides is 2. The van der Waals surface area contributed by atoms with Crippen molar-refractivity contribution in [1.82, 2.24) is 0 Å². The van der Waals surface area contributed by atoms with E-state index in [2.05, 4.69) is 0 Å². The molecule has 1 fully saturated rings. The molecule has 0 bridgehead atoms. The van der Waals surface area contributed by atoms with E-state index >= 15 is 0 Å². The Labute approximate surface area is 135 Å². The van der Waals surface area contributed by atoms with Gasteiger partial charge >= 0.3 is 0 Å². The second kappa shape index (κ2) is 4.74. The number of rotatable bonds is 3. The fourth-order valence-corrected chi connectivity index (χ4v) is 4.03. The summed E-state index contributed by atoms with van der Waals surface area (Å²) in [7, 11) is 0. The fourth-order valence-electron chi connectivity index (χ4n) is 3.22. The molecule has 1 nitrogen and oxygen atoms in total. The Kier molecular flexibility index (Phi) is 3.36. The average Bonchev–Trinajstić information content (AvgIpc) is 3.00. The molecule has 2 atom stereocenters. The minimum absolute atomic E-state index is 0.558. The van der Waals surface area contributed by atoms with Crippen LogP contribution in [-0.4, -0.2) is 9.44 Å². The van der Waals surface area contributed by atoms with Crippen LogP contribution >= 0.6 is 23.2 Å². The lowest BCUT2D eigenvalue weighted by molar-refractivity contribution is 0.00782. The zero-order valence-electron chi connectivity index (χ0n) is 12.1. The Morgan fingerprint density at radius 3 is 2.05 bits per heavy atom. The normalized spacial score (nSPS) is 26.1. The predicted octanol–water partition coefficient (Wildman–Crippen LogP) is 4.81. The van der Waals surface area contributed by atoms with Gasteiger partial charge in [0.05, 0.1) is 0 Å². The third-order valence-corrected chi connectivity index (χ3v) is 5.88. The Hall–Kier alpha value is -1.02. The molecule has 0 aromatic heterocycles. The standard InChI is InChI=1S/C18H18Cl2O/c1-13-8-6-7-11-15(13)18(21,14-9-4-3-5-10-14)16(2)12-17(16,19)20/h3-11,21H,12H2,1-2H3/t16-,18+/m1/s1. The van der Waals surface area contributed by atoms with Crippen LogP contribution in [-0.2, 0) is 5.60 Å². The van der Waals surface area contributed by atoms with Crippen molar-refractivity contribution < 1.29 is 5.11 Å². The van der Waals surface area contributed by atoms with Crippen molar-refractivity contribution in [3.8, 4) is 0 Å². The number of halogens is 2. The van der Waals surface area contributed by atoms with Crippen molar-refractivity contribution in [2.45, 2.75) is 30.2 Å². The summed E-state index contributed by atoms with van der Waals surface area (Å²) in [4.78, 5) is 0. The molecule has 3 heteroatoms. The van der Waals surface area contributed by atoms with Gasteiger partial charge in [0.15, 0.2) is 0 Å². The smallest absolute Gasteiger partial charge is 0.127 e. The molecule has 2 aromatic carbocycles. The van der Waals surface area contributed by atoms with Gasteiger partial charge in [0.2, 0.25) is 0 Å². The summed E-state index contributed by atoms with van der Waals surface area (Å²) < 4.78 is -0.917. The van der Waals surface area contributed by atoms with Crippen LogP contribution in [0.1, 0.15) is 30.0 Å². The first-order chi connectivity index (χ1) is 9.83. The number of aryl methyl sites for hydroxylation is 1. The molecule has 1 aliphatic rings. The molecule has 0 saturated heterocycles. The van der Waals surface area contributed by atoms with Crippen LogP contribution in [0.3, 0.4) is 0 Å². The van der Waals surface area contributed by atoms with Crippen LogP contribution < -0.4 is 0 Å². The van der Waals surface area contributed by atoms with E-state index in [0.29, 0.717) is 6.42 Å². The molecular weight excluding hydrogens is 303 g/mol. The van der Waals surface area contributed by atoms with Crippen LogP contribution in [0.4, 0.5) is 0 Å². The third-order valence-electron chi connectivity index (χ3n) is 4.78. The number of benzene rings is 2. The summed E-state index contributed by atoms with van der Waals surface area (Å²) in [6.45, 7) is 3.95. The van der Waals surface area contributed by atoms with Gasteiger partial charge in [0, 0.05) is 5.41 Å². The molecule has 1 N–H and O–H groups in total. The van der Waals surface area contributed by atoms with Crippen molar-refractivity contribution in [3.05, 3.63) is 71.3 Å². The minimum atomic E-state index is -1.21. The van der Waals surface area contributed by atoms with Gasteiger partial charge in [-0.2, -0.15) is 0 Å². The number of hydrogen-bond acceptors (Lipinski definition) is 1. The number of hydrogen-bond donors (Lipinski definition) is 1. The number of aliphatic hydroxyl groups is 1. The molecule has 0 unspecified atom stereocenters. The third kappa shape index (κ3) is 2.03. The second-order valence-electron chi connectivity index (χ2n) is 6.10. The van der Waals surface area contributed by atoms with E-state index in [4.69, 9.17) is 23.2 Å². The maximum atomic E-state index is 11.7. The largest absolute Gasteiger partial charge is 0.380 e. The maximum absolute atomic E-state index is 11.7. The zero-order valence-corrected chi connectivity index (χ0v) is 13.6. The van der Waals surface area contributed by atoms with Crippen LogP contribution in [0.15, 0.2) is 54.6 Å². The summed E-state index contributed by atoms with van der Waals surface area (Å²) >= 11 is 12.8. The molecule has 0 radical (unpaired) electrons. The van der Waals surface area contributed by atoms with Gasteiger partial charge in [0.1, 0.15) is 9.93 Å².